The van der Waals surface area contributed by atoms with E-state index >= 15 is 0 Å². The first-order valence-corrected chi connectivity index (χ1v) is 8.83. The van der Waals surface area contributed by atoms with Gasteiger partial charge < -0.3 is 9.42 Å². The highest BCUT2D eigenvalue weighted by Gasteiger charge is 2.29. The molecule has 1 atom stereocenters. The molecule has 8 heteroatoms. The monoisotopic (exact) mass is 367 g/mol. The van der Waals surface area contributed by atoms with Crippen molar-refractivity contribution >= 4 is 17.7 Å². The molecule has 2 aromatic rings. The van der Waals surface area contributed by atoms with Crippen LogP contribution in [-0.4, -0.2) is 45.2 Å². The molecule has 1 amide bonds. The number of carbonyl (C=O) groups is 1. The molecule has 1 unspecified atom stereocenters. The lowest BCUT2D eigenvalue weighted by Crippen LogP contribution is -2.39. The Hall–Kier alpha value is -3.16. The third kappa shape index (κ3) is 3.84. The van der Waals surface area contributed by atoms with E-state index in [2.05, 4.69) is 20.1 Å². The Kier molecular flexibility index (Phi) is 4.86. The summed E-state index contributed by atoms with van der Waals surface area (Å²) in [5, 5.41) is 4.13. The molecule has 7 nitrogen and oxygen atoms in total. The molecule has 1 saturated heterocycles. The minimum atomic E-state index is -0.602. The van der Waals surface area contributed by atoms with Crippen LogP contribution in [0.15, 0.2) is 46.2 Å². The third-order valence-electron chi connectivity index (χ3n) is 4.66. The van der Waals surface area contributed by atoms with Crippen LogP contribution >= 0.6 is 0 Å². The van der Waals surface area contributed by atoms with Crippen LogP contribution in [0.25, 0.3) is 5.57 Å². The van der Waals surface area contributed by atoms with Crippen molar-refractivity contribution in [2.24, 2.45) is 4.99 Å². The van der Waals surface area contributed by atoms with Gasteiger partial charge in [0, 0.05) is 43.2 Å². The highest BCUT2D eigenvalue weighted by Crippen LogP contribution is 2.27. The predicted octanol–water partition coefficient (Wildman–Crippen LogP) is 3.00. The fourth-order valence-corrected chi connectivity index (χ4v) is 3.24. The van der Waals surface area contributed by atoms with Crippen molar-refractivity contribution in [1.29, 1.82) is 0 Å². The van der Waals surface area contributed by atoms with Crippen LogP contribution in [0.4, 0.5) is 4.39 Å². The Morgan fingerprint density at radius 2 is 2.26 bits per heavy atom. The Morgan fingerprint density at radius 3 is 3.11 bits per heavy atom. The van der Waals surface area contributed by atoms with Crippen LogP contribution in [-0.2, 0) is 0 Å². The SMILES string of the molecule is O=C(c1ccc(F)nc1)N1CCCC(c2noc(C3=CC=NC=CC3)n2)C1. The number of carbonyl (C=O) groups excluding carboxylic acids is 1. The van der Waals surface area contributed by atoms with Gasteiger partial charge in [0.25, 0.3) is 11.8 Å². The summed E-state index contributed by atoms with van der Waals surface area (Å²) in [5.74, 6) is 0.322. The minimum Gasteiger partial charge on any atom is -0.338 e. The molecule has 27 heavy (non-hydrogen) atoms. The number of halogens is 1. The molecule has 0 spiro atoms. The maximum atomic E-state index is 13.0. The zero-order chi connectivity index (χ0) is 18.6. The van der Waals surface area contributed by atoms with Crippen molar-refractivity contribution in [2.75, 3.05) is 13.1 Å². The topological polar surface area (TPSA) is 84.5 Å². The van der Waals surface area contributed by atoms with Crippen LogP contribution in [0, 0.1) is 5.95 Å². The molecule has 2 aliphatic rings. The number of amides is 1. The number of piperidine rings is 1. The van der Waals surface area contributed by atoms with E-state index in [4.69, 9.17) is 4.52 Å². The zero-order valence-corrected chi connectivity index (χ0v) is 14.6. The Balaban J connectivity index is 1.48. The van der Waals surface area contributed by atoms with Crippen molar-refractivity contribution in [1.82, 2.24) is 20.0 Å². The first-order chi connectivity index (χ1) is 13.2. The lowest BCUT2D eigenvalue weighted by molar-refractivity contribution is 0.0703. The Morgan fingerprint density at radius 1 is 1.33 bits per heavy atom. The van der Waals surface area contributed by atoms with Crippen molar-refractivity contribution in [2.45, 2.75) is 25.2 Å². The fourth-order valence-electron chi connectivity index (χ4n) is 3.24. The van der Waals surface area contributed by atoms with Crippen molar-refractivity contribution in [3.63, 3.8) is 0 Å². The molecule has 0 saturated carbocycles. The van der Waals surface area contributed by atoms with Gasteiger partial charge in [-0.1, -0.05) is 11.2 Å². The van der Waals surface area contributed by atoms with Crippen LogP contribution in [0.1, 0.15) is 47.3 Å². The van der Waals surface area contributed by atoms with Crippen LogP contribution in [0.5, 0.6) is 0 Å². The Bertz CT molecular complexity index is 916. The van der Waals surface area contributed by atoms with E-state index in [1.165, 1.54) is 18.3 Å². The van der Waals surface area contributed by atoms with E-state index in [-0.39, 0.29) is 11.8 Å². The number of hydrogen-bond acceptors (Lipinski definition) is 6. The van der Waals surface area contributed by atoms with Crippen LogP contribution in [0.2, 0.25) is 0 Å². The molecule has 0 N–H and O–H groups in total. The normalized spacial score (nSPS) is 19.7. The summed E-state index contributed by atoms with van der Waals surface area (Å²) in [6.07, 6.45) is 10.9. The lowest BCUT2D eigenvalue weighted by atomic mass is 9.97. The van der Waals surface area contributed by atoms with Crippen LogP contribution < -0.4 is 0 Å². The van der Waals surface area contributed by atoms with Gasteiger partial charge >= 0.3 is 0 Å². The summed E-state index contributed by atoms with van der Waals surface area (Å²) in [6.45, 7) is 1.14. The standard InChI is InChI=1S/C19H18FN5O2/c20-16-6-5-14(11-22-16)19(26)25-10-2-4-15(12-25)17-23-18(27-24-17)13-3-1-8-21-9-7-13/h1,5-9,11,15H,2-4,10,12H2. The lowest BCUT2D eigenvalue weighted by Gasteiger charge is -2.31. The highest BCUT2D eigenvalue weighted by atomic mass is 19.1. The van der Waals surface area contributed by atoms with Gasteiger partial charge in [-0.25, -0.2) is 4.98 Å². The first-order valence-electron chi connectivity index (χ1n) is 8.83. The van der Waals surface area contributed by atoms with Gasteiger partial charge in [0.05, 0.1) is 5.56 Å². The maximum absolute atomic E-state index is 13.0. The first kappa shape index (κ1) is 17.3. The minimum absolute atomic E-state index is 0.00388. The average molecular weight is 367 g/mol. The molecule has 2 aliphatic heterocycles. The molecule has 1 fully saturated rings. The molecule has 0 radical (unpaired) electrons. The largest absolute Gasteiger partial charge is 0.338 e. The summed E-state index contributed by atoms with van der Waals surface area (Å²) < 4.78 is 18.4. The van der Waals surface area contributed by atoms with Gasteiger partial charge in [-0.05, 0) is 37.5 Å². The quantitative estimate of drug-likeness (QED) is 0.779. The number of hydrogen-bond donors (Lipinski definition) is 0. The van der Waals surface area contributed by atoms with Crippen molar-refractivity contribution < 1.29 is 13.7 Å². The second-order valence-electron chi connectivity index (χ2n) is 6.50. The second kappa shape index (κ2) is 7.61. The van der Waals surface area contributed by atoms with Gasteiger partial charge in [0.2, 0.25) is 5.95 Å². The number of aliphatic imine (C=N–C) groups is 1. The molecular weight excluding hydrogens is 349 g/mol. The number of aromatic nitrogens is 3. The molecule has 2 aromatic heterocycles. The number of rotatable bonds is 3. The summed E-state index contributed by atoms with van der Waals surface area (Å²) in [5.41, 5.74) is 1.29. The van der Waals surface area contributed by atoms with Crippen LogP contribution in [0.3, 0.4) is 0 Å². The number of allylic oxidation sites excluding steroid dienone is 3. The van der Waals surface area contributed by atoms with Crippen molar-refractivity contribution in [3.05, 3.63) is 59.9 Å². The second-order valence-corrected chi connectivity index (χ2v) is 6.50. The van der Waals surface area contributed by atoms with E-state index in [9.17, 15) is 9.18 Å². The van der Waals surface area contributed by atoms with E-state index in [1.54, 1.807) is 17.3 Å². The predicted molar refractivity (Wildman–Crippen MR) is 96.6 cm³/mol. The number of pyridine rings is 1. The zero-order valence-electron chi connectivity index (χ0n) is 14.6. The fraction of sp³-hybridized carbons (Fsp3) is 0.316. The third-order valence-corrected chi connectivity index (χ3v) is 4.66. The Labute approximate surface area is 155 Å². The summed E-state index contributed by atoms with van der Waals surface area (Å²) in [4.78, 5) is 26.5. The maximum Gasteiger partial charge on any atom is 0.255 e. The summed E-state index contributed by atoms with van der Waals surface area (Å²) in [7, 11) is 0. The number of likely N-dealkylation sites (tertiary alicyclic amines) is 1. The van der Waals surface area contributed by atoms with Gasteiger partial charge in [-0.3, -0.25) is 9.79 Å². The highest BCUT2D eigenvalue weighted by molar-refractivity contribution is 5.94. The molecule has 4 heterocycles. The van der Waals surface area contributed by atoms with E-state index < -0.39 is 5.95 Å². The van der Waals surface area contributed by atoms with E-state index in [0.29, 0.717) is 36.8 Å². The average Bonchev–Trinajstić information content (AvgIpc) is 3.04. The summed E-state index contributed by atoms with van der Waals surface area (Å²) >= 11 is 0. The van der Waals surface area contributed by atoms with E-state index in [0.717, 1.165) is 18.4 Å². The smallest absolute Gasteiger partial charge is 0.255 e. The van der Waals surface area contributed by atoms with E-state index in [1.807, 2.05) is 12.2 Å². The van der Waals surface area contributed by atoms with Crippen molar-refractivity contribution in [3.8, 4) is 0 Å². The van der Waals surface area contributed by atoms with Gasteiger partial charge in [-0.2, -0.15) is 9.37 Å². The number of nitrogens with zero attached hydrogens (tertiary/aromatic N) is 5. The summed E-state index contributed by atoms with van der Waals surface area (Å²) in [6, 6.07) is 2.65. The molecule has 0 bridgehead atoms. The molecule has 138 valence electrons. The molecule has 4 rings (SSSR count). The van der Waals surface area contributed by atoms with Gasteiger partial charge in [0.1, 0.15) is 0 Å². The van der Waals surface area contributed by atoms with Gasteiger partial charge in [-0.15, -0.1) is 0 Å². The van der Waals surface area contributed by atoms with Gasteiger partial charge in [0.15, 0.2) is 5.82 Å². The molecule has 0 aliphatic carbocycles. The molecule has 0 aromatic carbocycles. The molecular formula is C19H18FN5O2.